The summed E-state index contributed by atoms with van der Waals surface area (Å²) < 4.78 is 0. The summed E-state index contributed by atoms with van der Waals surface area (Å²) >= 11 is 0. The minimum atomic E-state index is 0.293. The van der Waals surface area contributed by atoms with Gasteiger partial charge in [0.25, 0.3) is 0 Å². The molecule has 0 aromatic carbocycles. The van der Waals surface area contributed by atoms with Crippen molar-refractivity contribution in [1.29, 1.82) is 0 Å². The summed E-state index contributed by atoms with van der Waals surface area (Å²) in [5.41, 5.74) is 4.06. The van der Waals surface area contributed by atoms with E-state index in [2.05, 4.69) is 10.6 Å². The van der Waals surface area contributed by atoms with Crippen molar-refractivity contribution in [2.24, 2.45) is 0 Å². The lowest BCUT2D eigenvalue weighted by Gasteiger charge is -2.17. The topological polar surface area (TPSA) is 51.1 Å². The van der Waals surface area contributed by atoms with Gasteiger partial charge in [0.15, 0.2) is 0 Å². The molecule has 4 N–H and O–H groups in total. The second-order valence-electron chi connectivity index (χ2n) is 3.36. The Balaban J connectivity index is 2.22. The number of hydrogen-bond acceptors (Lipinski definition) is 2. The van der Waals surface area contributed by atoms with E-state index in [0.717, 1.165) is 19.6 Å². The predicted octanol–water partition coefficient (Wildman–Crippen LogP) is -0.925. The van der Waals surface area contributed by atoms with Gasteiger partial charge in [0.2, 0.25) is 0 Å². The van der Waals surface area contributed by atoms with Crippen LogP contribution in [0.2, 0.25) is 0 Å². The van der Waals surface area contributed by atoms with Gasteiger partial charge in [-0.1, -0.05) is 0 Å². The van der Waals surface area contributed by atoms with Crippen LogP contribution in [-0.4, -0.2) is 42.3 Å². The molecule has 0 spiro atoms. The Morgan fingerprint density at radius 2 is 2.18 bits per heavy atom. The van der Waals surface area contributed by atoms with E-state index in [1.807, 2.05) is 0 Å². The van der Waals surface area contributed by atoms with Crippen LogP contribution in [0.25, 0.3) is 0 Å². The molecular weight excluding hydrogens is 140 g/mol. The van der Waals surface area contributed by atoms with Gasteiger partial charge in [-0.25, -0.2) is 0 Å². The third kappa shape index (κ3) is 3.18. The zero-order valence-corrected chi connectivity index (χ0v) is 7.13. The maximum absolute atomic E-state index is 8.72. The molecule has 0 aromatic rings. The van der Waals surface area contributed by atoms with E-state index in [1.165, 1.54) is 19.3 Å². The van der Waals surface area contributed by atoms with Gasteiger partial charge in [0, 0.05) is 25.9 Å². The molecule has 3 nitrogen and oxygen atoms in total. The molecule has 0 bridgehead atoms. The van der Waals surface area contributed by atoms with Gasteiger partial charge in [-0.2, -0.15) is 0 Å². The van der Waals surface area contributed by atoms with Crippen LogP contribution in [0.15, 0.2) is 0 Å². The maximum atomic E-state index is 8.72. The Hall–Kier alpha value is -0.120. The van der Waals surface area contributed by atoms with Crippen LogP contribution in [0.1, 0.15) is 19.3 Å². The number of aliphatic hydroxyl groups excluding tert-OH is 1. The molecule has 3 heteroatoms. The predicted molar refractivity (Wildman–Crippen MR) is 44.1 cm³/mol. The van der Waals surface area contributed by atoms with Crippen molar-refractivity contribution in [1.82, 2.24) is 4.90 Å². The van der Waals surface area contributed by atoms with Crippen molar-refractivity contribution in [2.45, 2.75) is 25.3 Å². The third-order valence-electron chi connectivity index (χ3n) is 2.36. The molecule has 1 fully saturated rings. The highest BCUT2D eigenvalue weighted by Gasteiger charge is 2.14. The van der Waals surface area contributed by atoms with Gasteiger partial charge in [0.05, 0.1) is 12.6 Å². The first-order valence-electron chi connectivity index (χ1n) is 4.49. The lowest BCUT2D eigenvalue weighted by Crippen LogP contribution is -2.60. The fourth-order valence-corrected chi connectivity index (χ4v) is 1.59. The van der Waals surface area contributed by atoms with Gasteiger partial charge < -0.3 is 15.7 Å². The number of β-amino-alcohol motifs (C(OH)–C–C–N with tert-alkyl or cyclic N) is 1. The van der Waals surface area contributed by atoms with E-state index in [9.17, 15) is 0 Å². The Labute approximate surface area is 68.2 Å². The van der Waals surface area contributed by atoms with Crippen molar-refractivity contribution in [3.8, 4) is 0 Å². The molecule has 66 valence electrons. The SMILES string of the molecule is [NH3+]C1CCCN(CCO)CC1. The minimum absolute atomic E-state index is 0.293. The summed E-state index contributed by atoms with van der Waals surface area (Å²) in [6, 6.07) is 0.638. The van der Waals surface area contributed by atoms with E-state index in [0.29, 0.717) is 12.6 Å². The molecule has 1 atom stereocenters. The molecule has 1 heterocycles. The fraction of sp³-hybridized carbons (Fsp3) is 1.00. The van der Waals surface area contributed by atoms with Crippen LogP contribution < -0.4 is 5.73 Å². The van der Waals surface area contributed by atoms with E-state index >= 15 is 0 Å². The zero-order chi connectivity index (χ0) is 8.10. The molecule has 1 aliphatic heterocycles. The molecule has 1 rings (SSSR count). The van der Waals surface area contributed by atoms with E-state index in [-0.39, 0.29) is 0 Å². The normalized spacial score (nSPS) is 28.4. The minimum Gasteiger partial charge on any atom is -0.395 e. The maximum Gasteiger partial charge on any atom is 0.0856 e. The number of aliphatic hydroxyl groups is 1. The van der Waals surface area contributed by atoms with Crippen LogP contribution in [0, 0.1) is 0 Å². The molecule has 0 radical (unpaired) electrons. The summed E-state index contributed by atoms with van der Waals surface area (Å²) in [5, 5.41) is 8.72. The van der Waals surface area contributed by atoms with Crippen molar-refractivity contribution in [3.63, 3.8) is 0 Å². The lowest BCUT2D eigenvalue weighted by atomic mass is 10.1. The van der Waals surface area contributed by atoms with Crippen LogP contribution in [-0.2, 0) is 0 Å². The third-order valence-corrected chi connectivity index (χ3v) is 2.36. The highest BCUT2D eigenvalue weighted by molar-refractivity contribution is 4.67. The Kier molecular flexibility index (Phi) is 3.83. The van der Waals surface area contributed by atoms with Gasteiger partial charge in [0.1, 0.15) is 0 Å². The smallest absolute Gasteiger partial charge is 0.0856 e. The Morgan fingerprint density at radius 1 is 1.36 bits per heavy atom. The Bertz CT molecular complexity index is 108. The van der Waals surface area contributed by atoms with Crippen LogP contribution in [0.3, 0.4) is 0 Å². The van der Waals surface area contributed by atoms with Crippen molar-refractivity contribution in [3.05, 3.63) is 0 Å². The standard InChI is InChI=1S/C8H18N2O/c9-8-2-1-4-10(5-3-8)6-7-11/h8,11H,1-7,9H2/p+1. The molecule has 1 aliphatic rings. The van der Waals surface area contributed by atoms with Crippen LogP contribution >= 0.6 is 0 Å². The summed E-state index contributed by atoms with van der Waals surface area (Å²) in [6.07, 6.45) is 3.69. The van der Waals surface area contributed by atoms with Crippen molar-refractivity contribution >= 4 is 0 Å². The summed E-state index contributed by atoms with van der Waals surface area (Å²) in [7, 11) is 0. The molecule has 0 aromatic heterocycles. The van der Waals surface area contributed by atoms with Gasteiger partial charge >= 0.3 is 0 Å². The first-order valence-corrected chi connectivity index (χ1v) is 4.49. The largest absolute Gasteiger partial charge is 0.395 e. The Morgan fingerprint density at radius 3 is 2.91 bits per heavy atom. The summed E-state index contributed by atoms with van der Waals surface area (Å²) in [5.74, 6) is 0. The lowest BCUT2D eigenvalue weighted by molar-refractivity contribution is -0.421. The van der Waals surface area contributed by atoms with Crippen molar-refractivity contribution < 1.29 is 10.8 Å². The second kappa shape index (κ2) is 4.70. The molecule has 11 heavy (non-hydrogen) atoms. The van der Waals surface area contributed by atoms with Crippen LogP contribution in [0.5, 0.6) is 0 Å². The molecule has 0 saturated carbocycles. The molecule has 0 aliphatic carbocycles. The summed E-state index contributed by atoms with van der Waals surface area (Å²) in [4.78, 5) is 2.32. The fourth-order valence-electron chi connectivity index (χ4n) is 1.59. The monoisotopic (exact) mass is 159 g/mol. The van der Waals surface area contributed by atoms with Gasteiger partial charge in [-0.3, -0.25) is 0 Å². The quantitative estimate of drug-likeness (QED) is 0.547. The van der Waals surface area contributed by atoms with Crippen LogP contribution in [0.4, 0.5) is 0 Å². The second-order valence-corrected chi connectivity index (χ2v) is 3.36. The number of hydrogen-bond donors (Lipinski definition) is 2. The van der Waals surface area contributed by atoms with Gasteiger partial charge in [-0.15, -0.1) is 0 Å². The molecule has 1 saturated heterocycles. The number of nitrogens with zero attached hydrogens (tertiary/aromatic N) is 1. The highest BCUT2D eigenvalue weighted by Crippen LogP contribution is 2.06. The van der Waals surface area contributed by atoms with E-state index in [1.54, 1.807) is 0 Å². The molecular formula is C8H19N2O+. The summed E-state index contributed by atoms with van der Waals surface area (Å²) in [6.45, 7) is 3.40. The molecule has 0 amide bonds. The first-order chi connectivity index (χ1) is 5.33. The zero-order valence-electron chi connectivity index (χ0n) is 7.13. The molecule has 1 unspecified atom stereocenters. The highest BCUT2D eigenvalue weighted by atomic mass is 16.3. The van der Waals surface area contributed by atoms with Gasteiger partial charge in [-0.05, 0) is 13.0 Å². The average Bonchev–Trinajstić information content (AvgIpc) is 2.17. The first kappa shape index (κ1) is 8.97. The van der Waals surface area contributed by atoms with E-state index < -0.39 is 0 Å². The number of rotatable bonds is 2. The van der Waals surface area contributed by atoms with Crippen molar-refractivity contribution in [2.75, 3.05) is 26.2 Å². The number of likely N-dealkylation sites (tertiary alicyclic amines) is 1. The average molecular weight is 159 g/mol. The van der Waals surface area contributed by atoms with E-state index in [4.69, 9.17) is 5.11 Å². The number of quaternary nitrogens is 1.